The molecule has 0 saturated heterocycles. The Hall–Kier alpha value is -1.90. The first-order valence-electron chi connectivity index (χ1n) is 12.8. The molecule has 0 atom stereocenters. The van der Waals surface area contributed by atoms with E-state index >= 15 is 0 Å². The Morgan fingerprint density at radius 3 is 2.12 bits per heavy atom. The molecular formula is C29H40F2O. The highest BCUT2D eigenvalue weighted by Gasteiger charge is 2.22. The fourth-order valence-corrected chi connectivity index (χ4v) is 4.98. The van der Waals surface area contributed by atoms with E-state index in [-0.39, 0.29) is 5.75 Å². The van der Waals surface area contributed by atoms with Gasteiger partial charge in [-0.15, -0.1) is 0 Å². The topological polar surface area (TPSA) is 9.23 Å². The molecule has 0 amide bonds. The average Bonchev–Trinajstić information content (AvgIpc) is 2.82. The summed E-state index contributed by atoms with van der Waals surface area (Å²) in [5.41, 5.74) is 2.34. The van der Waals surface area contributed by atoms with E-state index in [0.717, 1.165) is 31.6 Å². The molecule has 32 heavy (non-hydrogen) atoms. The second kappa shape index (κ2) is 13.0. The first kappa shape index (κ1) is 24.7. The highest BCUT2D eigenvalue weighted by atomic mass is 19.2. The van der Waals surface area contributed by atoms with E-state index in [2.05, 4.69) is 26.0 Å². The second-order valence-corrected chi connectivity index (χ2v) is 9.48. The van der Waals surface area contributed by atoms with Crippen LogP contribution in [0.25, 0.3) is 11.1 Å². The minimum absolute atomic E-state index is 0.00932. The third-order valence-electron chi connectivity index (χ3n) is 7.06. The van der Waals surface area contributed by atoms with Gasteiger partial charge in [-0.1, -0.05) is 83.1 Å². The van der Waals surface area contributed by atoms with E-state index in [9.17, 15) is 8.78 Å². The van der Waals surface area contributed by atoms with E-state index in [1.165, 1.54) is 56.9 Å². The van der Waals surface area contributed by atoms with Gasteiger partial charge in [0.2, 0.25) is 5.82 Å². The molecule has 0 unspecified atom stereocenters. The van der Waals surface area contributed by atoms with Crippen molar-refractivity contribution >= 4 is 0 Å². The van der Waals surface area contributed by atoms with Crippen LogP contribution in [0.3, 0.4) is 0 Å². The first-order chi connectivity index (χ1) is 15.6. The largest absolute Gasteiger partial charge is 0.490 e. The molecular weight excluding hydrogens is 402 g/mol. The minimum Gasteiger partial charge on any atom is -0.490 e. The normalized spacial score (nSPS) is 18.6. The quantitative estimate of drug-likeness (QED) is 0.297. The number of benzene rings is 2. The molecule has 1 aliphatic rings. The molecule has 3 rings (SSSR count). The van der Waals surface area contributed by atoms with E-state index in [4.69, 9.17) is 4.74 Å². The van der Waals surface area contributed by atoms with Crippen molar-refractivity contribution in [2.45, 2.75) is 96.8 Å². The van der Waals surface area contributed by atoms with E-state index in [0.29, 0.717) is 23.7 Å². The van der Waals surface area contributed by atoms with Crippen LogP contribution in [0.5, 0.6) is 5.75 Å². The zero-order valence-corrected chi connectivity index (χ0v) is 20.0. The fourth-order valence-electron chi connectivity index (χ4n) is 4.98. The summed E-state index contributed by atoms with van der Waals surface area (Å²) in [5, 5.41) is 0. The number of rotatable bonds is 12. The van der Waals surface area contributed by atoms with Crippen molar-refractivity contribution in [3.8, 4) is 16.9 Å². The Labute approximate surface area is 193 Å². The summed E-state index contributed by atoms with van der Waals surface area (Å²) in [4.78, 5) is 0. The number of ether oxygens (including phenoxy) is 1. The van der Waals surface area contributed by atoms with Crippen LogP contribution in [0.1, 0.15) is 102 Å². The number of halogens is 2. The molecule has 176 valence electrons. The number of hydrogen-bond acceptors (Lipinski definition) is 1. The van der Waals surface area contributed by atoms with Crippen molar-refractivity contribution < 1.29 is 13.5 Å². The summed E-state index contributed by atoms with van der Waals surface area (Å²) < 4.78 is 34.8. The lowest BCUT2D eigenvalue weighted by atomic mass is 9.77. The predicted molar refractivity (Wildman–Crippen MR) is 130 cm³/mol. The van der Waals surface area contributed by atoms with Crippen LogP contribution >= 0.6 is 0 Å². The van der Waals surface area contributed by atoms with Crippen molar-refractivity contribution in [3.63, 3.8) is 0 Å². The van der Waals surface area contributed by atoms with Crippen LogP contribution in [0, 0.1) is 17.6 Å². The van der Waals surface area contributed by atoms with Crippen LogP contribution in [0.2, 0.25) is 0 Å². The molecule has 0 spiro atoms. The van der Waals surface area contributed by atoms with Gasteiger partial charge in [-0.3, -0.25) is 0 Å². The van der Waals surface area contributed by atoms with Gasteiger partial charge in [0.15, 0.2) is 11.6 Å². The standard InChI is InChI=1S/C29H40F2O/c1-3-5-7-9-21-32-27-20-19-26(28(30)29(27)31)25-17-15-24(16-18-25)23-13-11-22(12-14-23)10-8-6-4-2/h15-20,22-23H,3-14,21H2,1-2H3. The maximum atomic E-state index is 14.7. The Kier molecular flexibility index (Phi) is 10.0. The lowest BCUT2D eigenvalue weighted by Crippen LogP contribution is -2.13. The maximum Gasteiger partial charge on any atom is 0.201 e. The van der Waals surface area contributed by atoms with Crippen molar-refractivity contribution in [2.75, 3.05) is 6.61 Å². The molecule has 1 nitrogen and oxygen atoms in total. The summed E-state index contributed by atoms with van der Waals surface area (Å²) in [6.07, 6.45) is 14.7. The van der Waals surface area contributed by atoms with Gasteiger partial charge in [-0.25, -0.2) is 4.39 Å². The van der Waals surface area contributed by atoms with Gasteiger partial charge in [-0.05, 0) is 67.2 Å². The molecule has 0 radical (unpaired) electrons. The summed E-state index contributed by atoms with van der Waals surface area (Å²) >= 11 is 0. The van der Waals surface area contributed by atoms with Gasteiger partial charge < -0.3 is 4.74 Å². The second-order valence-electron chi connectivity index (χ2n) is 9.48. The van der Waals surface area contributed by atoms with Crippen LogP contribution in [0.4, 0.5) is 8.78 Å². The van der Waals surface area contributed by atoms with Gasteiger partial charge in [0.25, 0.3) is 0 Å². The van der Waals surface area contributed by atoms with Crippen LogP contribution in [-0.4, -0.2) is 6.61 Å². The highest BCUT2D eigenvalue weighted by Crippen LogP contribution is 2.38. The molecule has 1 aliphatic carbocycles. The molecule has 0 heterocycles. The Bertz CT molecular complexity index is 807. The molecule has 0 bridgehead atoms. The molecule has 0 N–H and O–H groups in total. The van der Waals surface area contributed by atoms with Crippen molar-refractivity contribution in [3.05, 3.63) is 53.6 Å². The Balaban J connectivity index is 1.57. The minimum atomic E-state index is -0.886. The SMILES string of the molecule is CCCCCCOc1ccc(-c2ccc(C3CCC(CCCCC)CC3)cc2)c(F)c1F. The summed E-state index contributed by atoms with van der Waals surface area (Å²) in [7, 11) is 0. The third-order valence-corrected chi connectivity index (χ3v) is 7.06. The first-order valence-corrected chi connectivity index (χ1v) is 12.8. The Morgan fingerprint density at radius 2 is 1.44 bits per heavy atom. The molecule has 0 aliphatic heterocycles. The van der Waals surface area contributed by atoms with Gasteiger partial charge in [0.05, 0.1) is 6.61 Å². The average molecular weight is 443 g/mol. The molecule has 1 fully saturated rings. The highest BCUT2D eigenvalue weighted by molar-refractivity contribution is 5.65. The molecule has 0 aromatic heterocycles. The number of hydrogen-bond donors (Lipinski definition) is 0. The molecule has 3 heteroatoms. The van der Waals surface area contributed by atoms with Gasteiger partial charge >= 0.3 is 0 Å². The lowest BCUT2D eigenvalue weighted by molar-refractivity contribution is 0.285. The van der Waals surface area contributed by atoms with Gasteiger partial charge in [0.1, 0.15) is 0 Å². The van der Waals surface area contributed by atoms with E-state index in [1.54, 1.807) is 12.1 Å². The summed E-state index contributed by atoms with van der Waals surface area (Å²) in [6, 6.07) is 11.3. The smallest absolute Gasteiger partial charge is 0.201 e. The van der Waals surface area contributed by atoms with Crippen LogP contribution < -0.4 is 4.74 Å². The zero-order valence-electron chi connectivity index (χ0n) is 20.0. The Morgan fingerprint density at radius 1 is 0.750 bits per heavy atom. The van der Waals surface area contributed by atoms with E-state index < -0.39 is 11.6 Å². The van der Waals surface area contributed by atoms with Gasteiger partial charge in [0, 0.05) is 5.56 Å². The predicted octanol–water partition coefficient (Wildman–Crippen LogP) is 9.44. The summed E-state index contributed by atoms with van der Waals surface area (Å²) in [5.74, 6) is -0.215. The van der Waals surface area contributed by atoms with Gasteiger partial charge in [-0.2, -0.15) is 4.39 Å². The van der Waals surface area contributed by atoms with Crippen molar-refractivity contribution in [1.82, 2.24) is 0 Å². The van der Waals surface area contributed by atoms with Crippen molar-refractivity contribution in [2.24, 2.45) is 5.92 Å². The fraction of sp³-hybridized carbons (Fsp3) is 0.586. The van der Waals surface area contributed by atoms with Crippen molar-refractivity contribution in [1.29, 1.82) is 0 Å². The third kappa shape index (κ3) is 6.80. The van der Waals surface area contributed by atoms with Crippen LogP contribution in [0.15, 0.2) is 36.4 Å². The molecule has 2 aromatic carbocycles. The lowest BCUT2D eigenvalue weighted by Gasteiger charge is -2.29. The maximum absolute atomic E-state index is 14.7. The van der Waals surface area contributed by atoms with Crippen LogP contribution in [-0.2, 0) is 0 Å². The summed E-state index contributed by atoms with van der Waals surface area (Å²) in [6.45, 7) is 4.82. The van der Waals surface area contributed by atoms with E-state index in [1.807, 2.05) is 12.1 Å². The molecule has 2 aromatic rings. The number of unbranched alkanes of at least 4 members (excludes halogenated alkanes) is 5. The zero-order chi connectivity index (χ0) is 22.8. The monoisotopic (exact) mass is 442 g/mol. The molecule has 1 saturated carbocycles.